The first kappa shape index (κ1) is 23.5. The zero-order valence-corrected chi connectivity index (χ0v) is 22.9. The fourth-order valence-electron chi connectivity index (χ4n) is 4.03. The van der Waals surface area contributed by atoms with Gasteiger partial charge in [-0.3, -0.25) is 0 Å². The normalized spacial score (nSPS) is 22.0. The Balaban J connectivity index is 2.28. The average Bonchev–Trinajstić information content (AvgIpc) is 3.17. The second-order valence-corrected chi connectivity index (χ2v) is 25.4. The molecule has 1 aromatic carbocycles. The van der Waals surface area contributed by atoms with Crippen LogP contribution >= 0.6 is 15.9 Å². The molecule has 0 fully saturated rings. The summed E-state index contributed by atoms with van der Waals surface area (Å²) in [5.41, 5.74) is 0.985. The van der Waals surface area contributed by atoms with Crippen molar-refractivity contribution in [2.75, 3.05) is 14.2 Å². The fourth-order valence-corrected chi connectivity index (χ4v) is 16.4. The number of fused-ring (bicyclic) bond motifs is 2. The Morgan fingerprint density at radius 3 is 1.87 bits per heavy atom. The zero-order valence-electron chi connectivity index (χ0n) is 17.6. The molecule has 0 saturated carbocycles. The van der Waals surface area contributed by atoms with Crippen LogP contribution in [0.4, 0.5) is 0 Å². The predicted molar refractivity (Wildman–Crippen MR) is 118 cm³/mol. The van der Waals surface area contributed by atoms with Crippen LogP contribution in [-0.2, 0) is 29.1 Å². The van der Waals surface area contributed by atoms with Crippen molar-refractivity contribution in [1.82, 2.24) is 4.31 Å². The van der Waals surface area contributed by atoms with Crippen molar-refractivity contribution < 1.29 is 27.5 Å². The summed E-state index contributed by atoms with van der Waals surface area (Å²) >= 11 is 0.636. The molecule has 10 heteroatoms. The predicted octanol–water partition coefficient (Wildman–Crippen LogP) is 2.92. The van der Waals surface area contributed by atoms with E-state index in [0.29, 0.717) is 4.48 Å². The van der Waals surface area contributed by atoms with Gasteiger partial charge in [-0.1, -0.05) is 0 Å². The van der Waals surface area contributed by atoms with Gasteiger partial charge in [0.2, 0.25) is 0 Å². The van der Waals surface area contributed by atoms with Crippen LogP contribution in [0.3, 0.4) is 0 Å². The average molecular weight is 605 g/mol. The van der Waals surface area contributed by atoms with Crippen LogP contribution in [0.25, 0.3) is 0 Å². The number of ether oxygens (including phenoxy) is 2. The van der Waals surface area contributed by atoms with Crippen molar-refractivity contribution in [2.45, 2.75) is 38.7 Å². The van der Waals surface area contributed by atoms with Crippen LogP contribution in [0.5, 0.6) is 0 Å². The maximum atomic E-state index is 13.7. The monoisotopic (exact) mass is 605 g/mol. The van der Waals surface area contributed by atoms with Gasteiger partial charge in [-0.05, 0) is 0 Å². The van der Waals surface area contributed by atoms with Crippen LogP contribution in [-0.4, -0.2) is 69.3 Å². The third-order valence-corrected chi connectivity index (χ3v) is 15.2. The number of methoxy groups -OCH3 is 2. The summed E-state index contributed by atoms with van der Waals surface area (Å²) < 4.78 is 40.1. The van der Waals surface area contributed by atoms with Gasteiger partial charge < -0.3 is 0 Å². The molecule has 2 bridgehead atoms. The number of carbonyl (C=O) groups excluding carboxylic acids is 2. The summed E-state index contributed by atoms with van der Waals surface area (Å²) in [5.74, 6) is -1.47. The van der Waals surface area contributed by atoms with E-state index >= 15 is 0 Å². The van der Waals surface area contributed by atoms with Gasteiger partial charge in [0, 0.05) is 0 Å². The van der Waals surface area contributed by atoms with Gasteiger partial charge in [-0.15, -0.1) is 0 Å². The first-order chi connectivity index (χ1) is 13.9. The molecule has 0 saturated heterocycles. The summed E-state index contributed by atoms with van der Waals surface area (Å²) in [6.45, 7) is 1.87. The third-order valence-electron chi connectivity index (χ3n) is 5.33. The molecule has 2 unspecified atom stereocenters. The zero-order chi connectivity index (χ0) is 22.6. The molecule has 0 aromatic heterocycles. The van der Waals surface area contributed by atoms with E-state index in [4.69, 9.17) is 9.47 Å². The van der Waals surface area contributed by atoms with Crippen molar-refractivity contribution >= 4 is 56.3 Å². The van der Waals surface area contributed by atoms with Crippen molar-refractivity contribution in [3.05, 3.63) is 49.0 Å². The molecule has 3 rings (SSSR count). The van der Waals surface area contributed by atoms with Crippen LogP contribution < -0.4 is 0 Å². The van der Waals surface area contributed by atoms with E-state index in [-0.39, 0.29) is 16.0 Å². The Labute approximate surface area is 189 Å². The summed E-state index contributed by atoms with van der Waals surface area (Å²) in [6.07, 6.45) is 0. The molecule has 0 amide bonds. The second kappa shape index (κ2) is 8.07. The van der Waals surface area contributed by atoms with Gasteiger partial charge in [0.05, 0.1) is 0 Å². The number of hydrogen-bond donors (Lipinski definition) is 0. The Kier molecular flexibility index (Phi) is 6.32. The van der Waals surface area contributed by atoms with Crippen LogP contribution in [0.1, 0.15) is 5.56 Å². The second-order valence-electron chi connectivity index (χ2n) is 8.28. The molecule has 0 radical (unpaired) electrons. The van der Waals surface area contributed by atoms with E-state index < -0.39 is 52.4 Å². The molecule has 2 aliphatic heterocycles. The van der Waals surface area contributed by atoms with Crippen molar-refractivity contribution in [3.8, 4) is 0 Å². The Bertz CT molecular complexity index is 1090. The molecule has 30 heavy (non-hydrogen) atoms. The Morgan fingerprint density at radius 2 is 1.43 bits per heavy atom. The van der Waals surface area contributed by atoms with E-state index in [1.165, 1.54) is 30.7 Å². The Morgan fingerprint density at radius 1 is 0.967 bits per heavy atom. The summed E-state index contributed by atoms with van der Waals surface area (Å²) in [7, 11) is -1.61. The van der Waals surface area contributed by atoms with Crippen LogP contribution in [0, 0.1) is 6.92 Å². The van der Waals surface area contributed by atoms with Gasteiger partial charge in [-0.2, -0.15) is 0 Å². The fraction of sp³-hybridized carbons (Fsp3) is 0.400. The minimum atomic E-state index is -4.03. The van der Waals surface area contributed by atoms with Crippen molar-refractivity contribution in [3.63, 3.8) is 0 Å². The number of hydrogen-bond acceptors (Lipinski definition) is 6. The van der Waals surface area contributed by atoms with E-state index in [9.17, 15) is 18.0 Å². The molecule has 2 aliphatic rings. The molecule has 7 nitrogen and oxygen atoms in total. The molecule has 2 heterocycles. The maximum absolute atomic E-state index is 13.7. The number of nitrogens with zero attached hydrogens (tertiary/aromatic N) is 1. The molecule has 0 N–H and O–H groups in total. The number of esters is 2. The van der Waals surface area contributed by atoms with Crippen molar-refractivity contribution in [1.29, 1.82) is 0 Å². The van der Waals surface area contributed by atoms with Gasteiger partial charge >= 0.3 is 190 Å². The minimum absolute atomic E-state index is 0.0104. The van der Waals surface area contributed by atoms with E-state index in [0.717, 1.165) is 9.15 Å². The molecule has 1 aromatic rings. The molecule has 0 aliphatic carbocycles. The summed E-state index contributed by atoms with van der Waals surface area (Å²) in [4.78, 5) is 31.9. The van der Waals surface area contributed by atoms with E-state index in [1.807, 2.05) is 6.92 Å². The van der Waals surface area contributed by atoms with Gasteiger partial charge in [0.15, 0.2) is 0 Å². The molecule has 0 spiro atoms. The van der Waals surface area contributed by atoms with Gasteiger partial charge in [0.1, 0.15) is 0 Å². The number of rotatable bonds is 5. The number of benzene rings is 1. The first-order valence-corrected chi connectivity index (χ1v) is 21.5. The summed E-state index contributed by atoms with van der Waals surface area (Å²) in [6, 6.07) is 4.67. The Hall–Kier alpha value is -1.17. The molecular weight excluding hydrogens is 581 g/mol. The topological polar surface area (TPSA) is 90.0 Å². The number of halogens is 1. The molecular formula is C20H24BrNO6SSn. The SMILES string of the molecule is COC(=O)C1=C(C(=O)OC)C2[C]([Sn]([CH3])([CH3])[CH3])=C(Br)C1N2S(=O)(=O)c1ccc(C)cc1. The molecule has 162 valence electrons. The van der Waals surface area contributed by atoms with Gasteiger partial charge in [-0.25, -0.2) is 0 Å². The van der Waals surface area contributed by atoms with E-state index in [2.05, 4.69) is 30.7 Å². The van der Waals surface area contributed by atoms with Crippen LogP contribution in [0.15, 0.2) is 48.4 Å². The third kappa shape index (κ3) is 3.57. The number of carbonyl (C=O) groups is 2. The van der Waals surface area contributed by atoms with Gasteiger partial charge in [0.25, 0.3) is 0 Å². The first-order valence-electron chi connectivity index (χ1n) is 9.28. The molecule has 2 atom stereocenters. The quantitative estimate of drug-likeness (QED) is 0.379. The van der Waals surface area contributed by atoms with Crippen LogP contribution in [0.2, 0.25) is 14.8 Å². The number of aryl methyl sites for hydroxylation is 1. The van der Waals surface area contributed by atoms with Crippen molar-refractivity contribution in [2.24, 2.45) is 0 Å². The van der Waals surface area contributed by atoms with E-state index in [1.54, 1.807) is 12.1 Å². The summed E-state index contributed by atoms with van der Waals surface area (Å²) in [5, 5.41) is 0. The number of sulfonamides is 1. The standard InChI is InChI=1S/C17H15BrNO6S.3CH3.Sn/c1-9-4-6-10(7-5-9)26(22,23)19-12-8-11(18)15(19)14(17(21)25-3)13(12)16(20)24-2;;;;/h4-7,12,15H,1-3H3;3*1H3;.